The zero-order valence-corrected chi connectivity index (χ0v) is 18.8. The second-order valence-electron chi connectivity index (χ2n) is 8.66. The summed E-state index contributed by atoms with van der Waals surface area (Å²) < 4.78 is 13.3. The molecule has 3 aromatic heterocycles. The summed E-state index contributed by atoms with van der Waals surface area (Å²) in [6.07, 6.45) is 2.77. The molecular formula is C21H27N7O4. The molecule has 2 atom stereocenters. The number of fused-ring (bicyclic) bond motifs is 1. The lowest BCUT2D eigenvalue weighted by Gasteiger charge is -2.24. The van der Waals surface area contributed by atoms with Gasteiger partial charge in [-0.25, -0.2) is 24.7 Å². The summed E-state index contributed by atoms with van der Waals surface area (Å²) >= 11 is 0. The Morgan fingerprint density at radius 1 is 1.19 bits per heavy atom. The highest BCUT2D eigenvalue weighted by Crippen LogP contribution is 2.29. The van der Waals surface area contributed by atoms with E-state index in [0.29, 0.717) is 29.4 Å². The predicted molar refractivity (Wildman–Crippen MR) is 115 cm³/mol. The van der Waals surface area contributed by atoms with E-state index in [1.54, 1.807) is 33.2 Å². The molecule has 1 aliphatic heterocycles. The lowest BCUT2D eigenvalue weighted by molar-refractivity contribution is 0.0268. The smallest absolute Gasteiger partial charge is 0.410 e. The minimum atomic E-state index is -0.884. The third-order valence-electron chi connectivity index (χ3n) is 5.01. The molecule has 1 fully saturated rings. The molecule has 0 aromatic carbocycles. The molecule has 0 bridgehead atoms. The fourth-order valence-electron chi connectivity index (χ4n) is 3.52. The maximum Gasteiger partial charge on any atom is 0.410 e. The van der Waals surface area contributed by atoms with Crippen LogP contribution in [-0.2, 0) is 11.3 Å². The number of aromatic nitrogens is 6. The number of ether oxygens (including phenoxy) is 2. The van der Waals surface area contributed by atoms with Crippen molar-refractivity contribution in [2.75, 3.05) is 13.1 Å². The monoisotopic (exact) mass is 441 g/mol. The van der Waals surface area contributed by atoms with Crippen LogP contribution >= 0.6 is 0 Å². The maximum atomic E-state index is 12.4. The molecule has 1 aliphatic rings. The number of imidazole rings is 1. The molecular weight excluding hydrogens is 414 g/mol. The summed E-state index contributed by atoms with van der Waals surface area (Å²) in [7, 11) is 0. The Kier molecular flexibility index (Phi) is 5.68. The van der Waals surface area contributed by atoms with Crippen LogP contribution in [0.25, 0.3) is 22.6 Å². The summed E-state index contributed by atoms with van der Waals surface area (Å²) in [5.41, 5.74) is 1.19. The van der Waals surface area contributed by atoms with Crippen LogP contribution in [0.15, 0.2) is 18.7 Å². The number of rotatable bonds is 4. The van der Waals surface area contributed by atoms with E-state index in [1.807, 2.05) is 18.4 Å². The van der Waals surface area contributed by atoms with E-state index in [1.165, 1.54) is 11.2 Å². The van der Waals surface area contributed by atoms with Crippen LogP contribution in [0.1, 0.15) is 33.5 Å². The number of amides is 1. The number of carbonyl (C=O) groups excluding carboxylic acids is 1. The Morgan fingerprint density at radius 3 is 2.56 bits per heavy atom. The normalized spacial score (nSPS) is 18.9. The van der Waals surface area contributed by atoms with Gasteiger partial charge in [0.2, 0.25) is 5.88 Å². The van der Waals surface area contributed by atoms with E-state index in [4.69, 9.17) is 14.5 Å². The number of nitrogens with zero attached hydrogens (tertiary/aromatic N) is 7. The van der Waals surface area contributed by atoms with E-state index < -0.39 is 23.9 Å². The van der Waals surface area contributed by atoms with Crippen molar-refractivity contribution in [2.24, 2.45) is 0 Å². The van der Waals surface area contributed by atoms with Crippen molar-refractivity contribution in [1.82, 2.24) is 34.4 Å². The Bertz CT molecular complexity index is 1120. The Labute approximate surface area is 185 Å². The van der Waals surface area contributed by atoms with Gasteiger partial charge in [-0.3, -0.25) is 0 Å². The number of aryl methyl sites for hydroxylation is 2. The zero-order chi connectivity index (χ0) is 23.0. The number of hydrogen-bond acceptors (Lipinski definition) is 9. The molecule has 2 unspecified atom stereocenters. The highest BCUT2D eigenvalue weighted by Gasteiger charge is 2.38. The second-order valence-corrected chi connectivity index (χ2v) is 8.66. The first-order valence-electron chi connectivity index (χ1n) is 10.5. The van der Waals surface area contributed by atoms with E-state index in [-0.39, 0.29) is 19.0 Å². The number of aliphatic hydroxyl groups excluding tert-OH is 1. The zero-order valence-electron chi connectivity index (χ0n) is 18.8. The molecule has 170 valence electrons. The van der Waals surface area contributed by atoms with E-state index in [9.17, 15) is 9.90 Å². The maximum absolute atomic E-state index is 12.4. The Morgan fingerprint density at radius 2 is 1.91 bits per heavy atom. The molecule has 0 radical (unpaired) electrons. The number of aliphatic hydroxyl groups is 1. The van der Waals surface area contributed by atoms with Gasteiger partial charge in [0.1, 0.15) is 35.8 Å². The van der Waals surface area contributed by atoms with E-state index in [0.717, 1.165) is 5.56 Å². The van der Waals surface area contributed by atoms with Crippen molar-refractivity contribution in [2.45, 2.75) is 59.0 Å². The fraction of sp³-hybridized carbons (Fsp3) is 0.524. The Balaban J connectivity index is 1.61. The van der Waals surface area contributed by atoms with Crippen molar-refractivity contribution in [3.8, 4) is 17.3 Å². The summed E-state index contributed by atoms with van der Waals surface area (Å²) in [5.74, 6) is 1.56. The van der Waals surface area contributed by atoms with Crippen molar-refractivity contribution < 1.29 is 19.4 Å². The van der Waals surface area contributed by atoms with Gasteiger partial charge in [-0.2, -0.15) is 4.98 Å². The predicted octanol–water partition coefficient (Wildman–Crippen LogP) is 1.97. The first-order valence-corrected chi connectivity index (χ1v) is 10.5. The Hall–Kier alpha value is -3.34. The molecule has 11 heteroatoms. The van der Waals surface area contributed by atoms with Crippen LogP contribution in [0.2, 0.25) is 0 Å². The van der Waals surface area contributed by atoms with Crippen LogP contribution in [0.5, 0.6) is 5.88 Å². The first kappa shape index (κ1) is 21.9. The molecule has 3 aromatic rings. The molecule has 1 saturated heterocycles. The minimum absolute atomic E-state index is 0.114. The lowest BCUT2D eigenvalue weighted by atomic mass is 10.2. The second kappa shape index (κ2) is 8.30. The van der Waals surface area contributed by atoms with E-state index in [2.05, 4.69) is 19.9 Å². The van der Waals surface area contributed by atoms with Gasteiger partial charge in [0, 0.05) is 18.9 Å². The fourth-order valence-corrected chi connectivity index (χ4v) is 3.52. The summed E-state index contributed by atoms with van der Waals surface area (Å²) in [5, 5.41) is 10.5. The van der Waals surface area contributed by atoms with Crippen LogP contribution in [0.4, 0.5) is 4.79 Å². The molecule has 0 saturated carbocycles. The largest absolute Gasteiger partial charge is 0.468 e. The topological polar surface area (TPSA) is 128 Å². The quantitative estimate of drug-likeness (QED) is 0.646. The highest BCUT2D eigenvalue weighted by atomic mass is 16.6. The average Bonchev–Trinajstić information content (AvgIpc) is 3.28. The molecule has 4 rings (SSSR count). The molecule has 11 nitrogen and oxygen atoms in total. The number of hydrogen-bond donors (Lipinski definition) is 1. The van der Waals surface area contributed by atoms with Gasteiger partial charge in [-0.1, -0.05) is 0 Å². The summed E-state index contributed by atoms with van der Waals surface area (Å²) in [6.45, 7) is 10.1. The molecule has 1 amide bonds. The van der Waals surface area contributed by atoms with Gasteiger partial charge >= 0.3 is 6.09 Å². The highest BCUT2D eigenvalue weighted by molar-refractivity contribution is 5.81. The van der Waals surface area contributed by atoms with Gasteiger partial charge in [-0.05, 0) is 34.6 Å². The van der Waals surface area contributed by atoms with Gasteiger partial charge in [-0.15, -0.1) is 0 Å². The summed E-state index contributed by atoms with van der Waals surface area (Å²) in [6, 6.07) is 0. The first-order chi connectivity index (χ1) is 15.2. The van der Waals surface area contributed by atoms with Crippen molar-refractivity contribution >= 4 is 17.3 Å². The molecule has 1 N–H and O–H groups in total. The number of carbonyl (C=O) groups is 1. The average molecular weight is 441 g/mol. The van der Waals surface area contributed by atoms with Crippen LogP contribution in [0.3, 0.4) is 0 Å². The van der Waals surface area contributed by atoms with Gasteiger partial charge in [0.25, 0.3) is 0 Å². The minimum Gasteiger partial charge on any atom is -0.468 e. The third kappa shape index (κ3) is 4.33. The number of β-amino-alcohol motifs (C(OH)–C–C–N with tert-alkyl or cyclic N) is 1. The third-order valence-corrected chi connectivity index (χ3v) is 5.01. The van der Waals surface area contributed by atoms with Gasteiger partial charge in [0.05, 0.1) is 18.7 Å². The standard InChI is InChI=1S/C21H27N7O4/c1-6-28-17(13-7-22-12(2)23-8-13)26-16-18(28)24-11-25-19(16)31-15-10-27(9-14(15)29)20(30)32-21(3,4)5/h7-8,11,14-15,29H,6,9-10H2,1-5H3. The van der Waals surface area contributed by atoms with Crippen molar-refractivity contribution in [3.05, 3.63) is 24.5 Å². The number of likely N-dealkylation sites (tertiary alicyclic amines) is 1. The van der Waals surface area contributed by atoms with Gasteiger partial charge in [0.15, 0.2) is 11.2 Å². The lowest BCUT2D eigenvalue weighted by Crippen LogP contribution is -2.36. The molecule has 0 aliphatic carbocycles. The van der Waals surface area contributed by atoms with Crippen LogP contribution in [-0.4, -0.2) is 76.5 Å². The van der Waals surface area contributed by atoms with Crippen molar-refractivity contribution in [1.29, 1.82) is 0 Å². The summed E-state index contributed by atoms with van der Waals surface area (Å²) in [4.78, 5) is 35.6. The molecule has 32 heavy (non-hydrogen) atoms. The van der Waals surface area contributed by atoms with Crippen LogP contribution < -0.4 is 4.74 Å². The molecule has 4 heterocycles. The van der Waals surface area contributed by atoms with Gasteiger partial charge < -0.3 is 24.0 Å². The van der Waals surface area contributed by atoms with Crippen LogP contribution in [0, 0.1) is 6.92 Å². The van der Waals surface area contributed by atoms with Crippen molar-refractivity contribution in [3.63, 3.8) is 0 Å². The van der Waals surface area contributed by atoms with E-state index >= 15 is 0 Å². The molecule has 0 spiro atoms. The SMILES string of the molecule is CCn1c(-c2cnc(C)nc2)nc2c(OC3CN(C(=O)OC(C)(C)C)CC3O)ncnc21.